The predicted octanol–water partition coefficient (Wildman–Crippen LogP) is 0.842. The van der Waals surface area contributed by atoms with Gasteiger partial charge in [-0.3, -0.25) is 4.79 Å². The summed E-state index contributed by atoms with van der Waals surface area (Å²) >= 11 is 0. The highest BCUT2D eigenvalue weighted by atomic mass is 16.6. The highest BCUT2D eigenvalue weighted by molar-refractivity contribution is 5.68. The van der Waals surface area contributed by atoms with Gasteiger partial charge in [0.05, 0.1) is 12.6 Å². The van der Waals surface area contributed by atoms with Crippen LogP contribution in [0, 0.1) is 0 Å². The molecule has 17 heavy (non-hydrogen) atoms. The lowest BCUT2D eigenvalue weighted by atomic mass is 10.2. The summed E-state index contributed by atoms with van der Waals surface area (Å²) in [6, 6.07) is -0.353. The molecule has 0 aromatic carbocycles. The van der Waals surface area contributed by atoms with Gasteiger partial charge in [0.15, 0.2) is 0 Å². The Kier molecular flexibility index (Phi) is 4.34. The van der Waals surface area contributed by atoms with Gasteiger partial charge in [0.25, 0.3) is 0 Å². The molecule has 0 aromatic rings. The zero-order chi connectivity index (χ0) is 13.1. The molecule has 6 nitrogen and oxygen atoms in total. The Hall–Kier alpha value is -1.30. The molecular weight excluding hydrogens is 226 g/mol. The molecular formula is C11H19NO5. The number of amides is 1. The van der Waals surface area contributed by atoms with Crippen LogP contribution in [0.2, 0.25) is 0 Å². The van der Waals surface area contributed by atoms with Crippen LogP contribution in [0.5, 0.6) is 0 Å². The Bertz CT molecular complexity index is 293. The summed E-state index contributed by atoms with van der Waals surface area (Å²) in [7, 11) is 0. The van der Waals surface area contributed by atoms with Crippen molar-refractivity contribution < 1.29 is 23.8 Å². The van der Waals surface area contributed by atoms with Gasteiger partial charge in [0, 0.05) is 6.92 Å². The largest absolute Gasteiger partial charge is 0.464 e. The van der Waals surface area contributed by atoms with Crippen molar-refractivity contribution in [2.24, 2.45) is 0 Å². The maximum Gasteiger partial charge on any atom is 0.408 e. The van der Waals surface area contributed by atoms with E-state index in [2.05, 4.69) is 5.32 Å². The fourth-order valence-corrected chi connectivity index (χ4v) is 1.20. The smallest absolute Gasteiger partial charge is 0.408 e. The lowest BCUT2D eigenvalue weighted by Crippen LogP contribution is -2.44. The van der Waals surface area contributed by atoms with Gasteiger partial charge < -0.3 is 19.5 Å². The van der Waals surface area contributed by atoms with E-state index >= 15 is 0 Å². The fraction of sp³-hybridized carbons (Fsp3) is 0.818. The molecule has 1 fully saturated rings. The molecule has 6 heteroatoms. The Morgan fingerprint density at radius 1 is 1.47 bits per heavy atom. The van der Waals surface area contributed by atoms with Crippen molar-refractivity contribution in [3.63, 3.8) is 0 Å². The van der Waals surface area contributed by atoms with E-state index in [9.17, 15) is 9.59 Å². The molecule has 1 aliphatic heterocycles. The first-order valence-corrected chi connectivity index (χ1v) is 5.52. The minimum absolute atomic E-state index is 0.0955. The third kappa shape index (κ3) is 6.11. The highest BCUT2D eigenvalue weighted by Crippen LogP contribution is 2.15. The van der Waals surface area contributed by atoms with Gasteiger partial charge in [0.2, 0.25) is 0 Å². The number of esters is 1. The first-order chi connectivity index (χ1) is 7.78. The number of nitrogens with one attached hydrogen (secondary N) is 1. The highest BCUT2D eigenvalue weighted by Gasteiger charge is 2.35. The monoisotopic (exact) mass is 245 g/mol. The molecule has 0 radical (unpaired) electrons. The van der Waals surface area contributed by atoms with Crippen LogP contribution in [0.1, 0.15) is 27.7 Å². The summed E-state index contributed by atoms with van der Waals surface area (Å²) in [4.78, 5) is 22.2. The minimum Gasteiger partial charge on any atom is -0.464 e. The van der Waals surface area contributed by atoms with Crippen molar-refractivity contribution in [3.8, 4) is 0 Å². The quantitative estimate of drug-likeness (QED) is 0.586. The summed E-state index contributed by atoms with van der Waals surface area (Å²) < 4.78 is 15.0. The topological polar surface area (TPSA) is 77.2 Å². The maximum atomic E-state index is 11.5. The van der Waals surface area contributed by atoms with E-state index in [1.807, 2.05) is 0 Å². The average Bonchev–Trinajstić information content (AvgIpc) is 2.91. The van der Waals surface area contributed by atoms with Crippen LogP contribution in [0.3, 0.4) is 0 Å². The number of epoxide rings is 1. The molecule has 1 aliphatic rings. The van der Waals surface area contributed by atoms with Crippen molar-refractivity contribution in [1.82, 2.24) is 5.32 Å². The third-order valence-electron chi connectivity index (χ3n) is 1.98. The number of hydrogen-bond acceptors (Lipinski definition) is 5. The van der Waals surface area contributed by atoms with E-state index < -0.39 is 11.7 Å². The minimum atomic E-state index is -0.555. The normalized spacial score (nSPS) is 20.4. The van der Waals surface area contributed by atoms with Crippen LogP contribution >= 0.6 is 0 Å². The summed E-state index contributed by atoms with van der Waals surface area (Å²) in [5.41, 5.74) is -0.555. The van der Waals surface area contributed by atoms with Gasteiger partial charge in [-0.25, -0.2) is 4.79 Å². The number of alkyl carbamates (subject to hydrolysis) is 1. The molecule has 0 saturated carbocycles. The van der Waals surface area contributed by atoms with Gasteiger partial charge in [-0.2, -0.15) is 0 Å². The van der Waals surface area contributed by atoms with Gasteiger partial charge in [0.1, 0.15) is 18.3 Å². The molecule has 1 heterocycles. The van der Waals surface area contributed by atoms with Crippen LogP contribution < -0.4 is 5.32 Å². The first-order valence-electron chi connectivity index (χ1n) is 5.52. The standard InChI is InChI=1S/C11H19NO5/c1-7(13)15-5-8(9-6-16-9)12-10(14)17-11(2,3)4/h8-9H,5-6H2,1-4H3,(H,12,14)/t8-,9?/m0/s1. The number of ether oxygens (including phenoxy) is 3. The van der Waals surface area contributed by atoms with E-state index in [-0.39, 0.29) is 24.7 Å². The van der Waals surface area contributed by atoms with Gasteiger partial charge in [-0.15, -0.1) is 0 Å². The molecule has 0 aliphatic carbocycles. The maximum absolute atomic E-state index is 11.5. The second-order valence-corrected chi connectivity index (χ2v) is 4.93. The Labute approximate surface area is 101 Å². The number of rotatable bonds is 4. The Morgan fingerprint density at radius 2 is 2.06 bits per heavy atom. The summed E-state index contributed by atoms with van der Waals surface area (Å²) in [6.07, 6.45) is -0.632. The van der Waals surface area contributed by atoms with Crippen LogP contribution in [0.15, 0.2) is 0 Å². The molecule has 2 atom stereocenters. The molecule has 1 N–H and O–H groups in total. The SMILES string of the molecule is CC(=O)OC[C@H](NC(=O)OC(C)(C)C)C1CO1. The van der Waals surface area contributed by atoms with Crippen molar-refractivity contribution in [3.05, 3.63) is 0 Å². The zero-order valence-electron chi connectivity index (χ0n) is 10.6. The van der Waals surface area contributed by atoms with Gasteiger partial charge in [-0.1, -0.05) is 0 Å². The van der Waals surface area contributed by atoms with E-state index in [1.165, 1.54) is 6.92 Å². The van der Waals surface area contributed by atoms with Crippen LogP contribution in [0.4, 0.5) is 4.79 Å². The van der Waals surface area contributed by atoms with E-state index in [4.69, 9.17) is 14.2 Å². The number of hydrogen-bond donors (Lipinski definition) is 1. The number of carbonyl (C=O) groups excluding carboxylic acids is 2. The summed E-state index contributed by atoms with van der Waals surface area (Å²) in [5, 5.41) is 2.63. The molecule has 98 valence electrons. The van der Waals surface area contributed by atoms with E-state index in [1.54, 1.807) is 20.8 Å². The van der Waals surface area contributed by atoms with Crippen LogP contribution in [0.25, 0.3) is 0 Å². The van der Waals surface area contributed by atoms with Gasteiger partial charge in [-0.05, 0) is 20.8 Å². The lowest BCUT2D eigenvalue weighted by molar-refractivity contribution is -0.141. The van der Waals surface area contributed by atoms with Crippen molar-refractivity contribution in [1.29, 1.82) is 0 Å². The van der Waals surface area contributed by atoms with E-state index in [0.717, 1.165) is 0 Å². The zero-order valence-corrected chi connectivity index (χ0v) is 10.6. The molecule has 1 amide bonds. The second-order valence-electron chi connectivity index (χ2n) is 4.93. The van der Waals surface area contributed by atoms with Gasteiger partial charge >= 0.3 is 12.1 Å². The molecule has 1 unspecified atom stereocenters. The van der Waals surface area contributed by atoms with Crippen molar-refractivity contribution >= 4 is 12.1 Å². The first kappa shape index (κ1) is 13.8. The predicted molar refractivity (Wildman–Crippen MR) is 59.5 cm³/mol. The lowest BCUT2D eigenvalue weighted by Gasteiger charge is -2.22. The Balaban J connectivity index is 2.38. The van der Waals surface area contributed by atoms with E-state index in [0.29, 0.717) is 6.61 Å². The average molecular weight is 245 g/mol. The third-order valence-corrected chi connectivity index (χ3v) is 1.98. The molecule has 0 spiro atoms. The second kappa shape index (κ2) is 5.35. The van der Waals surface area contributed by atoms with Crippen LogP contribution in [-0.4, -0.2) is 43.0 Å². The van der Waals surface area contributed by atoms with Crippen molar-refractivity contribution in [2.75, 3.05) is 13.2 Å². The molecule has 0 aromatic heterocycles. The fourth-order valence-electron chi connectivity index (χ4n) is 1.20. The van der Waals surface area contributed by atoms with Crippen LogP contribution in [-0.2, 0) is 19.0 Å². The summed E-state index contributed by atoms with van der Waals surface area (Å²) in [6.45, 7) is 7.31. The summed E-state index contributed by atoms with van der Waals surface area (Å²) in [5.74, 6) is -0.387. The molecule has 0 bridgehead atoms. The Morgan fingerprint density at radius 3 is 2.47 bits per heavy atom. The molecule has 1 saturated heterocycles. The number of carbonyl (C=O) groups is 2. The van der Waals surface area contributed by atoms with Crippen molar-refractivity contribution in [2.45, 2.75) is 45.4 Å². The molecule has 1 rings (SSSR count).